The van der Waals surface area contributed by atoms with Crippen molar-refractivity contribution in [2.45, 2.75) is 26.8 Å². The van der Waals surface area contributed by atoms with E-state index in [0.29, 0.717) is 6.54 Å². The maximum absolute atomic E-state index is 10.8. The van der Waals surface area contributed by atoms with Gasteiger partial charge < -0.3 is 19.1 Å². The van der Waals surface area contributed by atoms with Gasteiger partial charge in [-0.1, -0.05) is 0 Å². The van der Waals surface area contributed by atoms with Crippen LogP contribution in [0, 0.1) is 13.8 Å². The quantitative estimate of drug-likeness (QED) is 0.922. The molecule has 2 aromatic rings. The molecule has 0 saturated carbocycles. The Bertz CT molecular complexity index is 672. The molecular weight excluding hydrogens is 246 g/mol. The van der Waals surface area contributed by atoms with Gasteiger partial charge >= 0.3 is 5.97 Å². The van der Waals surface area contributed by atoms with Crippen LogP contribution in [-0.2, 0) is 11.3 Å². The van der Waals surface area contributed by atoms with Gasteiger partial charge in [0.05, 0.1) is 11.9 Å². The molecule has 1 aromatic heterocycles. The number of carbonyl (C=O) groups is 1. The molecule has 0 atom stereocenters. The molecule has 0 saturated heterocycles. The van der Waals surface area contributed by atoms with Gasteiger partial charge in [-0.05, 0) is 25.5 Å². The van der Waals surface area contributed by atoms with Gasteiger partial charge in [-0.15, -0.1) is 0 Å². The molecule has 5 nitrogen and oxygen atoms in total. The minimum absolute atomic E-state index is 0.110. The first-order valence-corrected chi connectivity index (χ1v) is 6.19. The normalized spacial score (nSPS) is 13.2. The van der Waals surface area contributed by atoms with Crippen LogP contribution in [0.3, 0.4) is 0 Å². The van der Waals surface area contributed by atoms with Crippen LogP contribution in [0.5, 0.6) is 11.5 Å². The van der Waals surface area contributed by atoms with Crippen molar-refractivity contribution in [3.63, 3.8) is 0 Å². The van der Waals surface area contributed by atoms with E-state index in [1.807, 2.05) is 30.5 Å². The lowest BCUT2D eigenvalue weighted by atomic mass is 10.1. The molecule has 100 valence electrons. The summed E-state index contributed by atoms with van der Waals surface area (Å²) in [6.45, 7) is 4.75. The van der Waals surface area contributed by atoms with Crippen molar-refractivity contribution in [3.8, 4) is 11.5 Å². The van der Waals surface area contributed by atoms with Crippen LogP contribution in [0.2, 0.25) is 0 Å². The SMILES string of the molecule is Cc1c(C)n(CCC(=O)O)c2cc3c(cc12)OCO3. The summed E-state index contributed by atoms with van der Waals surface area (Å²) in [7, 11) is 0. The Labute approximate surface area is 110 Å². The highest BCUT2D eigenvalue weighted by Crippen LogP contribution is 2.38. The van der Waals surface area contributed by atoms with Gasteiger partial charge in [0.1, 0.15) is 0 Å². The average molecular weight is 261 g/mol. The van der Waals surface area contributed by atoms with E-state index in [1.165, 1.54) is 0 Å². The third kappa shape index (κ3) is 1.82. The zero-order valence-electron chi connectivity index (χ0n) is 10.9. The fraction of sp³-hybridized carbons (Fsp3) is 0.357. The van der Waals surface area contributed by atoms with E-state index in [-0.39, 0.29) is 13.2 Å². The first kappa shape index (κ1) is 11.9. The molecule has 1 N–H and O–H groups in total. The first-order valence-electron chi connectivity index (χ1n) is 6.19. The summed E-state index contributed by atoms with van der Waals surface area (Å²) in [6.07, 6.45) is 0.110. The van der Waals surface area contributed by atoms with Crippen LogP contribution >= 0.6 is 0 Å². The van der Waals surface area contributed by atoms with E-state index in [2.05, 4.69) is 0 Å². The standard InChI is InChI=1S/C14H15NO4/c1-8-9(2)15(4-3-14(16)17)11-6-13-12(5-10(8)11)18-7-19-13/h5-6H,3-4,7H2,1-2H3,(H,16,17). The van der Waals surface area contributed by atoms with Gasteiger partial charge in [-0.2, -0.15) is 0 Å². The predicted octanol–water partition coefficient (Wildman–Crippen LogP) is 2.46. The Balaban J connectivity index is 2.15. The zero-order valence-corrected chi connectivity index (χ0v) is 10.9. The van der Waals surface area contributed by atoms with Crippen LogP contribution < -0.4 is 9.47 Å². The molecule has 3 rings (SSSR count). The molecule has 2 heterocycles. The van der Waals surface area contributed by atoms with Gasteiger partial charge in [0, 0.05) is 23.7 Å². The molecule has 0 spiro atoms. The largest absolute Gasteiger partial charge is 0.481 e. The van der Waals surface area contributed by atoms with E-state index in [0.717, 1.165) is 33.7 Å². The summed E-state index contributed by atoms with van der Waals surface area (Å²) in [6, 6.07) is 3.90. The molecule has 0 bridgehead atoms. The maximum atomic E-state index is 10.8. The summed E-state index contributed by atoms with van der Waals surface area (Å²) in [4.78, 5) is 10.8. The summed E-state index contributed by atoms with van der Waals surface area (Å²) in [5.74, 6) is 0.687. The number of rotatable bonds is 3. The van der Waals surface area contributed by atoms with Crippen LogP contribution in [0.25, 0.3) is 10.9 Å². The lowest BCUT2D eigenvalue weighted by Gasteiger charge is -2.06. The molecule has 19 heavy (non-hydrogen) atoms. The molecule has 0 fully saturated rings. The molecule has 0 unspecified atom stereocenters. The van der Waals surface area contributed by atoms with E-state index in [9.17, 15) is 4.79 Å². The number of nitrogens with zero attached hydrogens (tertiary/aromatic N) is 1. The second-order valence-electron chi connectivity index (χ2n) is 4.73. The average Bonchev–Trinajstić information content (AvgIpc) is 2.91. The van der Waals surface area contributed by atoms with Crippen LogP contribution in [-0.4, -0.2) is 22.4 Å². The number of ether oxygens (including phenoxy) is 2. The molecule has 0 radical (unpaired) electrons. The number of carboxylic acid groups (broad SMARTS) is 1. The Morgan fingerprint density at radius 2 is 2.00 bits per heavy atom. The van der Waals surface area contributed by atoms with Gasteiger partial charge in [0.2, 0.25) is 6.79 Å². The van der Waals surface area contributed by atoms with Crippen molar-refractivity contribution in [2.24, 2.45) is 0 Å². The third-order valence-corrected chi connectivity index (χ3v) is 3.68. The number of aryl methyl sites for hydroxylation is 2. The van der Waals surface area contributed by atoms with Crippen molar-refractivity contribution < 1.29 is 19.4 Å². The van der Waals surface area contributed by atoms with E-state index in [4.69, 9.17) is 14.6 Å². The summed E-state index contributed by atoms with van der Waals surface area (Å²) in [5.41, 5.74) is 3.24. The number of hydrogen-bond acceptors (Lipinski definition) is 3. The second-order valence-corrected chi connectivity index (χ2v) is 4.73. The Morgan fingerprint density at radius 1 is 1.32 bits per heavy atom. The summed E-state index contributed by atoms with van der Waals surface area (Å²) in [5, 5.41) is 9.93. The third-order valence-electron chi connectivity index (χ3n) is 3.68. The van der Waals surface area contributed by atoms with Crippen molar-refractivity contribution >= 4 is 16.9 Å². The molecule has 0 aliphatic carbocycles. The number of aromatic nitrogens is 1. The lowest BCUT2D eigenvalue weighted by Crippen LogP contribution is -2.05. The molecule has 1 aliphatic rings. The second kappa shape index (κ2) is 4.19. The highest BCUT2D eigenvalue weighted by Gasteiger charge is 2.19. The molecule has 5 heteroatoms. The fourth-order valence-electron chi connectivity index (χ4n) is 2.53. The van der Waals surface area contributed by atoms with E-state index >= 15 is 0 Å². The van der Waals surface area contributed by atoms with Crippen molar-refractivity contribution in [2.75, 3.05) is 6.79 Å². The van der Waals surface area contributed by atoms with Gasteiger partial charge in [-0.3, -0.25) is 4.79 Å². The summed E-state index contributed by atoms with van der Waals surface area (Å²) < 4.78 is 12.8. The smallest absolute Gasteiger partial charge is 0.305 e. The number of benzene rings is 1. The van der Waals surface area contributed by atoms with E-state index < -0.39 is 5.97 Å². The highest BCUT2D eigenvalue weighted by molar-refractivity contribution is 5.88. The minimum atomic E-state index is -0.792. The molecule has 1 aromatic carbocycles. The topological polar surface area (TPSA) is 60.7 Å². The van der Waals surface area contributed by atoms with Gasteiger partial charge in [0.25, 0.3) is 0 Å². The Morgan fingerprint density at radius 3 is 2.68 bits per heavy atom. The monoisotopic (exact) mass is 261 g/mol. The number of aliphatic carboxylic acids is 1. The zero-order chi connectivity index (χ0) is 13.6. The first-order chi connectivity index (χ1) is 9.08. The highest BCUT2D eigenvalue weighted by atomic mass is 16.7. The lowest BCUT2D eigenvalue weighted by molar-refractivity contribution is -0.137. The Kier molecular flexibility index (Phi) is 2.62. The molecular formula is C14H15NO4. The van der Waals surface area contributed by atoms with Crippen LogP contribution in [0.15, 0.2) is 12.1 Å². The fourth-order valence-corrected chi connectivity index (χ4v) is 2.53. The van der Waals surface area contributed by atoms with Crippen LogP contribution in [0.4, 0.5) is 0 Å². The Hall–Kier alpha value is -2.17. The van der Waals surface area contributed by atoms with Crippen molar-refractivity contribution in [1.82, 2.24) is 4.57 Å². The number of hydrogen-bond donors (Lipinski definition) is 1. The minimum Gasteiger partial charge on any atom is -0.481 e. The van der Waals surface area contributed by atoms with Crippen LogP contribution in [0.1, 0.15) is 17.7 Å². The predicted molar refractivity (Wildman–Crippen MR) is 69.8 cm³/mol. The number of fused-ring (bicyclic) bond motifs is 2. The molecule has 1 aliphatic heterocycles. The van der Waals surface area contributed by atoms with Crippen molar-refractivity contribution in [3.05, 3.63) is 23.4 Å². The number of carboxylic acids is 1. The summed E-state index contributed by atoms with van der Waals surface area (Å²) >= 11 is 0. The van der Waals surface area contributed by atoms with Gasteiger partial charge in [-0.25, -0.2) is 0 Å². The van der Waals surface area contributed by atoms with E-state index in [1.54, 1.807) is 0 Å². The van der Waals surface area contributed by atoms with Crippen molar-refractivity contribution in [1.29, 1.82) is 0 Å². The molecule has 0 amide bonds. The van der Waals surface area contributed by atoms with Gasteiger partial charge in [0.15, 0.2) is 11.5 Å². The maximum Gasteiger partial charge on any atom is 0.305 e.